The highest BCUT2D eigenvalue weighted by Crippen LogP contribution is 2.29. The molecule has 1 saturated carbocycles. The van der Waals surface area contributed by atoms with Gasteiger partial charge in [-0.25, -0.2) is 0 Å². The fraction of sp³-hybridized carbons (Fsp3) is 0.533. The van der Waals surface area contributed by atoms with Gasteiger partial charge in [0.15, 0.2) is 5.75 Å². The first-order valence-corrected chi connectivity index (χ1v) is 7.08. The van der Waals surface area contributed by atoms with Gasteiger partial charge in [0.05, 0.1) is 24.6 Å². The van der Waals surface area contributed by atoms with Crippen molar-refractivity contribution >= 4 is 5.69 Å². The summed E-state index contributed by atoms with van der Waals surface area (Å²) in [6, 6.07) is 7.58. The number of nitro groups is 1. The maximum absolute atomic E-state index is 11.1. The molecular formula is C15H19N3O3. The molecule has 2 rings (SSSR count). The van der Waals surface area contributed by atoms with Crippen molar-refractivity contribution in [1.82, 2.24) is 4.90 Å². The van der Waals surface area contributed by atoms with Gasteiger partial charge in [-0.1, -0.05) is 18.9 Å². The van der Waals surface area contributed by atoms with E-state index in [1.54, 1.807) is 6.07 Å². The topological polar surface area (TPSA) is 79.4 Å². The minimum absolute atomic E-state index is 0.0293. The van der Waals surface area contributed by atoms with Crippen LogP contribution in [0.1, 0.15) is 31.2 Å². The Hall–Kier alpha value is -2.13. The lowest BCUT2D eigenvalue weighted by molar-refractivity contribution is -0.385. The van der Waals surface area contributed by atoms with Gasteiger partial charge in [0.25, 0.3) is 0 Å². The van der Waals surface area contributed by atoms with E-state index in [-0.39, 0.29) is 11.4 Å². The Morgan fingerprint density at radius 3 is 2.76 bits per heavy atom. The maximum atomic E-state index is 11.1. The van der Waals surface area contributed by atoms with Crippen LogP contribution in [-0.4, -0.2) is 29.5 Å². The van der Waals surface area contributed by atoms with Crippen LogP contribution >= 0.6 is 0 Å². The molecule has 1 aromatic carbocycles. The van der Waals surface area contributed by atoms with Crippen LogP contribution in [0, 0.1) is 21.4 Å². The van der Waals surface area contributed by atoms with Gasteiger partial charge >= 0.3 is 5.69 Å². The molecule has 0 heterocycles. The number of hydrogen-bond acceptors (Lipinski definition) is 5. The maximum Gasteiger partial charge on any atom is 0.311 e. The lowest BCUT2D eigenvalue weighted by Gasteiger charge is -2.26. The molecule has 0 saturated heterocycles. The van der Waals surface area contributed by atoms with Crippen molar-refractivity contribution in [3.63, 3.8) is 0 Å². The van der Waals surface area contributed by atoms with E-state index in [1.807, 2.05) is 6.07 Å². The second kappa shape index (κ2) is 7.04. The molecular weight excluding hydrogens is 270 g/mol. The molecule has 0 radical (unpaired) electrons. The second-order valence-electron chi connectivity index (χ2n) is 5.26. The summed E-state index contributed by atoms with van der Waals surface area (Å²) in [4.78, 5) is 12.7. The van der Waals surface area contributed by atoms with E-state index >= 15 is 0 Å². The summed E-state index contributed by atoms with van der Waals surface area (Å²) in [6.45, 7) is 0.910. The van der Waals surface area contributed by atoms with Crippen molar-refractivity contribution < 1.29 is 9.66 Å². The molecule has 0 N–H and O–H groups in total. The molecule has 0 aromatic heterocycles. The number of nitriles is 1. The summed E-state index contributed by atoms with van der Waals surface area (Å²) in [5, 5.41) is 20.0. The Balaban J connectivity index is 2.18. The van der Waals surface area contributed by atoms with Crippen molar-refractivity contribution in [3.05, 3.63) is 33.9 Å². The number of nitro benzene ring substituents is 1. The number of nitrogens with zero attached hydrogens (tertiary/aromatic N) is 3. The van der Waals surface area contributed by atoms with Gasteiger partial charge in [0.2, 0.25) is 0 Å². The molecule has 6 nitrogen and oxygen atoms in total. The van der Waals surface area contributed by atoms with Crippen LogP contribution in [0.15, 0.2) is 18.2 Å². The highest BCUT2D eigenvalue weighted by atomic mass is 16.6. The van der Waals surface area contributed by atoms with E-state index in [4.69, 9.17) is 10.00 Å². The SMILES string of the molecule is COc1ccc(CN(CC#N)C2CCCC2)cc1[N+](=O)[O-]. The Labute approximate surface area is 124 Å². The predicted molar refractivity (Wildman–Crippen MR) is 77.9 cm³/mol. The zero-order valence-corrected chi connectivity index (χ0v) is 12.1. The summed E-state index contributed by atoms with van der Waals surface area (Å²) in [5.41, 5.74) is 0.808. The molecule has 112 valence electrons. The Morgan fingerprint density at radius 2 is 2.19 bits per heavy atom. The lowest BCUT2D eigenvalue weighted by Crippen LogP contribution is -2.33. The minimum atomic E-state index is -0.438. The predicted octanol–water partition coefficient (Wildman–Crippen LogP) is 2.87. The smallest absolute Gasteiger partial charge is 0.311 e. The van der Waals surface area contributed by atoms with Crippen LogP contribution in [-0.2, 0) is 6.54 Å². The first-order valence-electron chi connectivity index (χ1n) is 7.08. The average molecular weight is 289 g/mol. The summed E-state index contributed by atoms with van der Waals surface area (Å²) in [7, 11) is 1.42. The van der Waals surface area contributed by atoms with E-state index in [9.17, 15) is 10.1 Å². The van der Waals surface area contributed by atoms with Crippen molar-refractivity contribution in [3.8, 4) is 11.8 Å². The van der Waals surface area contributed by atoms with Crippen LogP contribution in [0.5, 0.6) is 5.75 Å². The van der Waals surface area contributed by atoms with E-state index in [1.165, 1.54) is 26.0 Å². The third-order valence-electron chi connectivity index (χ3n) is 3.94. The molecule has 0 unspecified atom stereocenters. The lowest BCUT2D eigenvalue weighted by atomic mass is 10.1. The number of methoxy groups -OCH3 is 1. The average Bonchev–Trinajstić information content (AvgIpc) is 3.00. The quantitative estimate of drug-likeness (QED) is 0.457. The third kappa shape index (κ3) is 3.70. The number of benzene rings is 1. The van der Waals surface area contributed by atoms with Crippen LogP contribution in [0.3, 0.4) is 0 Å². The van der Waals surface area contributed by atoms with Gasteiger partial charge in [0.1, 0.15) is 0 Å². The molecule has 1 aliphatic rings. The molecule has 0 spiro atoms. The highest BCUT2D eigenvalue weighted by Gasteiger charge is 2.23. The fourth-order valence-electron chi connectivity index (χ4n) is 2.89. The summed E-state index contributed by atoms with van der Waals surface area (Å²) >= 11 is 0. The fourth-order valence-corrected chi connectivity index (χ4v) is 2.89. The number of ether oxygens (including phenoxy) is 1. The Morgan fingerprint density at radius 1 is 1.48 bits per heavy atom. The van der Waals surface area contributed by atoms with Gasteiger partial charge in [-0.05, 0) is 24.5 Å². The molecule has 0 aliphatic heterocycles. The van der Waals surface area contributed by atoms with Gasteiger partial charge in [-0.3, -0.25) is 15.0 Å². The van der Waals surface area contributed by atoms with E-state index in [2.05, 4.69) is 11.0 Å². The van der Waals surface area contributed by atoms with Crippen LogP contribution in [0.2, 0.25) is 0 Å². The standard InChI is InChI=1S/C15H19N3O3/c1-21-15-7-6-12(10-14(15)18(19)20)11-17(9-8-16)13-4-2-3-5-13/h6-7,10,13H,2-5,9,11H2,1H3. The zero-order chi connectivity index (χ0) is 15.2. The first-order chi connectivity index (χ1) is 10.2. The normalized spacial score (nSPS) is 15.1. The Kier molecular flexibility index (Phi) is 5.12. The van der Waals surface area contributed by atoms with Crippen molar-refractivity contribution in [2.24, 2.45) is 0 Å². The summed E-state index contributed by atoms with van der Waals surface area (Å²) in [6.07, 6.45) is 4.57. The van der Waals surface area contributed by atoms with E-state index in [0.29, 0.717) is 19.1 Å². The van der Waals surface area contributed by atoms with Gasteiger partial charge in [0, 0.05) is 18.7 Å². The van der Waals surface area contributed by atoms with Crippen molar-refractivity contribution in [2.75, 3.05) is 13.7 Å². The molecule has 1 fully saturated rings. The molecule has 1 aromatic rings. The number of rotatable bonds is 6. The molecule has 0 bridgehead atoms. The van der Waals surface area contributed by atoms with Crippen LogP contribution < -0.4 is 4.74 Å². The molecule has 0 amide bonds. The van der Waals surface area contributed by atoms with E-state index in [0.717, 1.165) is 18.4 Å². The second-order valence-corrected chi connectivity index (χ2v) is 5.26. The van der Waals surface area contributed by atoms with Gasteiger partial charge in [-0.15, -0.1) is 0 Å². The first kappa shape index (κ1) is 15.3. The zero-order valence-electron chi connectivity index (χ0n) is 12.1. The minimum Gasteiger partial charge on any atom is -0.490 e. The Bertz CT molecular complexity index is 548. The van der Waals surface area contributed by atoms with Crippen LogP contribution in [0.4, 0.5) is 5.69 Å². The molecule has 21 heavy (non-hydrogen) atoms. The summed E-state index contributed by atoms with van der Waals surface area (Å²) in [5.74, 6) is 0.261. The third-order valence-corrected chi connectivity index (χ3v) is 3.94. The molecule has 6 heteroatoms. The van der Waals surface area contributed by atoms with Gasteiger partial charge < -0.3 is 4.74 Å². The molecule has 0 atom stereocenters. The number of hydrogen-bond donors (Lipinski definition) is 0. The largest absolute Gasteiger partial charge is 0.490 e. The summed E-state index contributed by atoms with van der Waals surface area (Å²) < 4.78 is 5.01. The molecule has 1 aliphatic carbocycles. The van der Waals surface area contributed by atoms with Crippen LogP contribution in [0.25, 0.3) is 0 Å². The van der Waals surface area contributed by atoms with Crippen molar-refractivity contribution in [1.29, 1.82) is 5.26 Å². The highest BCUT2D eigenvalue weighted by molar-refractivity contribution is 5.48. The van der Waals surface area contributed by atoms with Gasteiger partial charge in [-0.2, -0.15) is 5.26 Å². The monoisotopic (exact) mass is 289 g/mol. The van der Waals surface area contributed by atoms with Crippen molar-refractivity contribution in [2.45, 2.75) is 38.3 Å². The van der Waals surface area contributed by atoms with E-state index < -0.39 is 4.92 Å².